The lowest BCUT2D eigenvalue weighted by molar-refractivity contribution is 0.0884. The molecular weight excluding hydrogens is 236 g/mol. The van der Waals surface area contributed by atoms with Gasteiger partial charge in [-0.2, -0.15) is 5.10 Å². The molecule has 3 heteroatoms. The lowest BCUT2D eigenvalue weighted by Crippen LogP contribution is -2.18. The van der Waals surface area contributed by atoms with Crippen LogP contribution >= 0.6 is 0 Å². The molecule has 0 N–H and O–H groups in total. The lowest BCUT2D eigenvalue weighted by Gasteiger charge is -2.19. The number of benzene rings is 1. The summed E-state index contributed by atoms with van der Waals surface area (Å²) in [5.74, 6) is 0.405. The molecule has 0 unspecified atom stereocenters. The highest BCUT2D eigenvalue weighted by Gasteiger charge is 2.24. The fourth-order valence-electron chi connectivity index (χ4n) is 2.75. The maximum absolute atomic E-state index is 12.4. The second-order valence-electron chi connectivity index (χ2n) is 5.18. The molecule has 1 fully saturated rings. The SMILES string of the molecule is O=C(c1ccn(-c2ccccc2)n1)C1CCCCC1. The number of para-hydroxylation sites is 1. The Morgan fingerprint density at radius 1 is 1.05 bits per heavy atom. The van der Waals surface area contributed by atoms with Crippen LogP contribution in [0, 0.1) is 5.92 Å². The Kier molecular flexibility index (Phi) is 3.45. The molecule has 0 spiro atoms. The molecule has 1 aliphatic carbocycles. The lowest BCUT2D eigenvalue weighted by atomic mass is 9.85. The highest BCUT2D eigenvalue weighted by molar-refractivity contribution is 5.96. The summed E-state index contributed by atoms with van der Waals surface area (Å²) in [4.78, 5) is 12.4. The van der Waals surface area contributed by atoms with Crippen molar-refractivity contribution in [2.45, 2.75) is 32.1 Å². The molecule has 98 valence electrons. The molecule has 1 aliphatic rings. The van der Waals surface area contributed by atoms with Gasteiger partial charge in [0.15, 0.2) is 5.78 Å². The molecule has 0 bridgehead atoms. The minimum atomic E-state index is 0.188. The number of nitrogens with zero attached hydrogens (tertiary/aromatic N) is 2. The van der Waals surface area contributed by atoms with E-state index in [0.717, 1.165) is 18.5 Å². The zero-order valence-electron chi connectivity index (χ0n) is 11.0. The van der Waals surface area contributed by atoms with Crippen LogP contribution in [0.3, 0.4) is 0 Å². The first-order chi connectivity index (χ1) is 9.34. The third-order valence-electron chi connectivity index (χ3n) is 3.84. The van der Waals surface area contributed by atoms with Crippen molar-refractivity contribution in [1.29, 1.82) is 0 Å². The summed E-state index contributed by atoms with van der Waals surface area (Å²) in [5.41, 5.74) is 1.60. The largest absolute Gasteiger partial charge is 0.292 e. The van der Waals surface area contributed by atoms with Gasteiger partial charge in [0.25, 0.3) is 0 Å². The van der Waals surface area contributed by atoms with Gasteiger partial charge < -0.3 is 0 Å². The Hall–Kier alpha value is -1.90. The standard InChI is InChI=1S/C16H18N2O/c19-16(13-7-3-1-4-8-13)15-11-12-18(17-15)14-9-5-2-6-10-14/h2,5-6,9-13H,1,3-4,7-8H2. The molecule has 1 aromatic carbocycles. The van der Waals surface area contributed by atoms with Crippen LogP contribution in [-0.4, -0.2) is 15.6 Å². The van der Waals surface area contributed by atoms with E-state index in [-0.39, 0.29) is 11.7 Å². The molecule has 3 nitrogen and oxygen atoms in total. The van der Waals surface area contributed by atoms with Crippen LogP contribution in [0.1, 0.15) is 42.6 Å². The summed E-state index contributed by atoms with van der Waals surface area (Å²) >= 11 is 0. The molecule has 0 radical (unpaired) electrons. The average Bonchev–Trinajstić information content (AvgIpc) is 2.98. The van der Waals surface area contributed by atoms with Crippen molar-refractivity contribution in [2.75, 3.05) is 0 Å². The highest BCUT2D eigenvalue weighted by Crippen LogP contribution is 2.26. The van der Waals surface area contributed by atoms with Crippen LogP contribution in [0.15, 0.2) is 42.6 Å². The second kappa shape index (κ2) is 5.39. The van der Waals surface area contributed by atoms with Gasteiger partial charge in [0.05, 0.1) is 5.69 Å². The fraction of sp³-hybridized carbons (Fsp3) is 0.375. The van der Waals surface area contributed by atoms with Gasteiger partial charge in [-0.15, -0.1) is 0 Å². The summed E-state index contributed by atoms with van der Waals surface area (Å²) < 4.78 is 1.77. The van der Waals surface area contributed by atoms with Crippen LogP contribution in [-0.2, 0) is 0 Å². The molecule has 0 amide bonds. The van der Waals surface area contributed by atoms with E-state index in [1.54, 1.807) is 4.68 Å². The molecule has 0 aliphatic heterocycles. The molecule has 19 heavy (non-hydrogen) atoms. The first-order valence-corrected chi connectivity index (χ1v) is 7.00. The van der Waals surface area contributed by atoms with Crippen LogP contribution in [0.5, 0.6) is 0 Å². The van der Waals surface area contributed by atoms with Crippen molar-refractivity contribution < 1.29 is 4.79 Å². The zero-order chi connectivity index (χ0) is 13.1. The van der Waals surface area contributed by atoms with Gasteiger partial charge in [-0.1, -0.05) is 37.5 Å². The van der Waals surface area contributed by atoms with Gasteiger partial charge in [-0.25, -0.2) is 4.68 Å². The summed E-state index contributed by atoms with van der Waals surface area (Å²) in [6.45, 7) is 0. The molecule has 2 aromatic rings. The third-order valence-corrected chi connectivity index (χ3v) is 3.84. The quantitative estimate of drug-likeness (QED) is 0.784. The predicted octanol–water partition coefficient (Wildman–Crippen LogP) is 3.64. The Balaban J connectivity index is 1.79. The van der Waals surface area contributed by atoms with E-state index < -0.39 is 0 Å². The smallest absolute Gasteiger partial charge is 0.186 e. The van der Waals surface area contributed by atoms with Crippen LogP contribution in [0.2, 0.25) is 0 Å². The number of ketones is 1. The van der Waals surface area contributed by atoms with E-state index in [0.29, 0.717) is 5.69 Å². The van der Waals surface area contributed by atoms with Gasteiger partial charge >= 0.3 is 0 Å². The Morgan fingerprint density at radius 3 is 2.53 bits per heavy atom. The number of rotatable bonds is 3. The van der Waals surface area contributed by atoms with Gasteiger partial charge in [0, 0.05) is 12.1 Å². The molecule has 0 atom stereocenters. The number of aromatic nitrogens is 2. The Morgan fingerprint density at radius 2 is 1.79 bits per heavy atom. The van der Waals surface area contributed by atoms with Crippen LogP contribution in [0.25, 0.3) is 5.69 Å². The van der Waals surface area contributed by atoms with Crippen molar-refractivity contribution in [3.63, 3.8) is 0 Å². The van der Waals surface area contributed by atoms with E-state index in [1.165, 1.54) is 19.3 Å². The number of carbonyl (C=O) groups is 1. The summed E-state index contributed by atoms with van der Waals surface area (Å²) in [6.07, 6.45) is 7.54. The summed E-state index contributed by atoms with van der Waals surface area (Å²) in [6, 6.07) is 11.7. The van der Waals surface area contributed by atoms with Crippen molar-refractivity contribution in [3.8, 4) is 5.69 Å². The molecule has 3 rings (SSSR count). The third kappa shape index (κ3) is 2.60. The van der Waals surface area contributed by atoms with Gasteiger partial charge in [0.2, 0.25) is 0 Å². The normalized spacial score (nSPS) is 16.4. The maximum Gasteiger partial charge on any atom is 0.186 e. The van der Waals surface area contributed by atoms with Crippen molar-refractivity contribution in [3.05, 3.63) is 48.3 Å². The van der Waals surface area contributed by atoms with E-state index in [9.17, 15) is 4.79 Å². The number of Topliss-reactive ketones (excluding diaryl/α,β-unsaturated/α-hetero) is 1. The fourth-order valence-corrected chi connectivity index (χ4v) is 2.75. The highest BCUT2D eigenvalue weighted by atomic mass is 16.1. The number of hydrogen-bond donors (Lipinski definition) is 0. The Labute approximate surface area is 113 Å². The van der Waals surface area contributed by atoms with Crippen LogP contribution in [0.4, 0.5) is 0 Å². The van der Waals surface area contributed by atoms with Crippen molar-refractivity contribution in [2.24, 2.45) is 5.92 Å². The van der Waals surface area contributed by atoms with Gasteiger partial charge in [0.1, 0.15) is 5.69 Å². The topological polar surface area (TPSA) is 34.9 Å². The van der Waals surface area contributed by atoms with E-state index >= 15 is 0 Å². The Bertz CT molecular complexity index is 553. The van der Waals surface area contributed by atoms with Crippen molar-refractivity contribution >= 4 is 5.78 Å². The van der Waals surface area contributed by atoms with E-state index in [2.05, 4.69) is 5.10 Å². The minimum Gasteiger partial charge on any atom is -0.292 e. The second-order valence-corrected chi connectivity index (χ2v) is 5.18. The molecule has 0 saturated heterocycles. The van der Waals surface area contributed by atoms with Crippen LogP contribution < -0.4 is 0 Å². The van der Waals surface area contributed by atoms with Gasteiger partial charge in [-0.05, 0) is 31.0 Å². The maximum atomic E-state index is 12.4. The average molecular weight is 254 g/mol. The summed E-state index contributed by atoms with van der Waals surface area (Å²) in [5, 5.41) is 4.42. The molecular formula is C16H18N2O. The minimum absolute atomic E-state index is 0.188. The van der Waals surface area contributed by atoms with Gasteiger partial charge in [-0.3, -0.25) is 4.79 Å². The van der Waals surface area contributed by atoms with E-state index in [4.69, 9.17) is 0 Å². The monoisotopic (exact) mass is 254 g/mol. The first kappa shape index (κ1) is 12.2. The molecule has 1 heterocycles. The predicted molar refractivity (Wildman–Crippen MR) is 74.5 cm³/mol. The van der Waals surface area contributed by atoms with Crippen molar-refractivity contribution in [1.82, 2.24) is 9.78 Å². The number of carbonyl (C=O) groups excluding carboxylic acids is 1. The number of hydrogen-bond acceptors (Lipinski definition) is 2. The first-order valence-electron chi connectivity index (χ1n) is 7.00. The molecule has 1 saturated carbocycles. The van der Waals surface area contributed by atoms with E-state index in [1.807, 2.05) is 42.6 Å². The molecule has 1 aromatic heterocycles. The summed E-state index contributed by atoms with van der Waals surface area (Å²) in [7, 11) is 0. The zero-order valence-corrected chi connectivity index (χ0v) is 11.0.